The highest BCUT2D eigenvalue weighted by Gasteiger charge is 2.17. The maximum absolute atomic E-state index is 4.69. The first-order valence-corrected chi connectivity index (χ1v) is 10.6. The predicted molar refractivity (Wildman–Crippen MR) is 130 cm³/mol. The molecule has 2 heteroatoms. The van der Waals surface area contributed by atoms with Crippen molar-refractivity contribution in [3.63, 3.8) is 0 Å². The molecule has 0 amide bonds. The Kier molecular flexibility index (Phi) is 3.30. The van der Waals surface area contributed by atoms with Gasteiger partial charge < -0.3 is 4.40 Å². The molecule has 0 saturated heterocycles. The Hall–Kier alpha value is -4.17. The summed E-state index contributed by atoms with van der Waals surface area (Å²) < 4.78 is 2.41. The second kappa shape index (κ2) is 6.16. The number of aromatic nitrogens is 2. The van der Waals surface area contributed by atoms with Crippen LogP contribution in [-0.4, -0.2) is 9.38 Å². The first-order chi connectivity index (χ1) is 15.4. The summed E-state index contributed by atoms with van der Waals surface area (Å²) in [5.41, 5.74) is 8.35. The molecular weight excluding hydrogens is 376 g/mol. The average Bonchev–Trinajstić information content (AvgIpc) is 3.36. The molecule has 31 heavy (non-hydrogen) atoms. The fourth-order valence-corrected chi connectivity index (χ4v) is 4.99. The summed E-state index contributed by atoms with van der Waals surface area (Å²) in [6, 6.07) is 36.8. The van der Waals surface area contributed by atoms with E-state index >= 15 is 0 Å². The van der Waals surface area contributed by atoms with Crippen LogP contribution < -0.4 is 0 Å². The number of fused-ring (bicyclic) bond motifs is 6. The molecule has 7 aromatic rings. The van der Waals surface area contributed by atoms with Crippen LogP contribution in [0.3, 0.4) is 0 Å². The van der Waals surface area contributed by atoms with E-state index in [2.05, 4.69) is 106 Å². The van der Waals surface area contributed by atoms with Gasteiger partial charge in [0.05, 0.1) is 22.2 Å². The predicted octanol–water partition coefficient (Wildman–Crippen LogP) is 7.57. The van der Waals surface area contributed by atoms with E-state index in [1.54, 1.807) is 0 Å². The van der Waals surface area contributed by atoms with Gasteiger partial charge in [-0.05, 0) is 41.5 Å². The van der Waals surface area contributed by atoms with Crippen LogP contribution in [0.2, 0.25) is 0 Å². The van der Waals surface area contributed by atoms with Gasteiger partial charge in [-0.2, -0.15) is 0 Å². The normalized spacial score (nSPS) is 11.9. The summed E-state index contributed by atoms with van der Waals surface area (Å²) >= 11 is 0. The minimum Gasteiger partial charge on any atom is -0.308 e. The van der Waals surface area contributed by atoms with Crippen LogP contribution in [0.4, 0.5) is 0 Å². The minimum absolute atomic E-state index is 0.998. The average molecular weight is 394 g/mol. The molecule has 0 aliphatic carbocycles. The number of benzene rings is 4. The quantitative estimate of drug-likeness (QED) is 0.296. The lowest BCUT2D eigenvalue weighted by atomic mass is 10.0. The monoisotopic (exact) mass is 394 g/mol. The molecular formula is C29H18N2. The molecule has 3 aromatic heterocycles. The van der Waals surface area contributed by atoms with Gasteiger partial charge in [0.25, 0.3) is 0 Å². The van der Waals surface area contributed by atoms with Gasteiger partial charge in [-0.3, -0.25) is 4.98 Å². The molecule has 0 bridgehead atoms. The van der Waals surface area contributed by atoms with Crippen LogP contribution in [0.25, 0.3) is 60.5 Å². The highest BCUT2D eigenvalue weighted by atomic mass is 14.9. The van der Waals surface area contributed by atoms with E-state index in [0.717, 1.165) is 11.3 Å². The van der Waals surface area contributed by atoms with E-state index in [9.17, 15) is 0 Å². The Labute approximate surface area is 179 Å². The number of rotatable bonds is 2. The summed E-state index contributed by atoms with van der Waals surface area (Å²) in [5, 5.41) is 5.20. The molecule has 0 saturated carbocycles. The maximum atomic E-state index is 4.69. The maximum Gasteiger partial charge on any atom is 0.0708 e. The third kappa shape index (κ3) is 2.30. The zero-order valence-corrected chi connectivity index (χ0v) is 16.8. The molecule has 7 rings (SSSR count). The molecule has 0 fully saturated rings. The molecule has 0 spiro atoms. The Bertz CT molecular complexity index is 1720. The number of para-hydroxylation sites is 2. The van der Waals surface area contributed by atoms with Gasteiger partial charge in [-0.1, -0.05) is 72.8 Å². The van der Waals surface area contributed by atoms with Crippen molar-refractivity contribution in [3.8, 4) is 22.4 Å². The summed E-state index contributed by atoms with van der Waals surface area (Å²) in [6.45, 7) is 0. The van der Waals surface area contributed by atoms with E-state index in [1.807, 2.05) is 12.3 Å². The highest BCUT2D eigenvalue weighted by molar-refractivity contribution is 6.23. The Morgan fingerprint density at radius 1 is 0.484 bits per heavy atom. The summed E-state index contributed by atoms with van der Waals surface area (Å²) in [7, 11) is 0. The first-order valence-electron chi connectivity index (χ1n) is 10.6. The zero-order chi connectivity index (χ0) is 20.4. The van der Waals surface area contributed by atoms with Crippen molar-refractivity contribution in [2.75, 3.05) is 0 Å². The van der Waals surface area contributed by atoms with Gasteiger partial charge in [0.2, 0.25) is 0 Å². The topological polar surface area (TPSA) is 17.3 Å². The lowest BCUT2D eigenvalue weighted by molar-refractivity contribution is 1.32. The number of nitrogens with zero attached hydrogens (tertiary/aromatic N) is 2. The summed E-state index contributed by atoms with van der Waals surface area (Å²) in [5.74, 6) is 0. The van der Waals surface area contributed by atoms with E-state index in [1.165, 1.54) is 49.2 Å². The van der Waals surface area contributed by atoms with Gasteiger partial charge >= 0.3 is 0 Å². The molecule has 0 aliphatic heterocycles. The Balaban J connectivity index is 1.50. The second-order valence-corrected chi connectivity index (χ2v) is 8.08. The third-order valence-electron chi connectivity index (χ3n) is 6.39. The van der Waals surface area contributed by atoms with Crippen LogP contribution in [-0.2, 0) is 0 Å². The number of hydrogen-bond donors (Lipinski definition) is 0. The van der Waals surface area contributed by atoms with Crippen LogP contribution in [0.5, 0.6) is 0 Å². The molecule has 3 heterocycles. The van der Waals surface area contributed by atoms with E-state index < -0.39 is 0 Å². The number of hydrogen-bond acceptors (Lipinski definition) is 1. The fraction of sp³-hybridized carbons (Fsp3) is 0. The van der Waals surface area contributed by atoms with Crippen LogP contribution in [0.1, 0.15) is 0 Å². The molecule has 0 atom stereocenters. The lowest BCUT2D eigenvalue weighted by Gasteiger charge is -2.06. The Morgan fingerprint density at radius 3 is 2.13 bits per heavy atom. The summed E-state index contributed by atoms with van der Waals surface area (Å²) in [4.78, 5) is 4.69. The third-order valence-corrected chi connectivity index (χ3v) is 6.39. The van der Waals surface area contributed by atoms with Gasteiger partial charge in [-0.25, -0.2) is 0 Å². The lowest BCUT2D eigenvalue weighted by Crippen LogP contribution is -1.86. The molecule has 2 nitrogen and oxygen atoms in total. The molecule has 0 N–H and O–H groups in total. The van der Waals surface area contributed by atoms with E-state index in [-0.39, 0.29) is 0 Å². The van der Waals surface area contributed by atoms with Crippen LogP contribution in [0.15, 0.2) is 109 Å². The molecule has 0 unspecified atom stereocenters. The zero-order valence-electron chi connectivity index (χ0n) is 16.8. The van der Waals surface area contributed by atoms with Crippen molar-refractivity contribution in [2.45, 2.75) is 0 Å². The fourth-order valence-electron chi connectivity index (χ4n) is 4.99. The SMILES string of the molecule is c1ccc(-c2ccnc(-c3ccc4c(c3)c3cccc5c6ccccc6n4c53)c2)cc1. The Morgan fingerprint density at radius 2 is 1.23 bits per heavy atom. The standard InChI is InChI=1S/C29H18N2/c1-2-7-19(8-3-1)20-15-16-30-26(18-20)21-13-14-28-25(17-21)24-11-6-10-23-22-9-4-5-12-27(22)31(28)29(23)24/h1-18H. The summed E-state index contributed by atoms with van der Waals surface area (Å²) in [6.07, 6.45) is 1.91. The first kappa shape index (κ1) is 16.6. The molecule has 0 aliphatic rings. The molecule has 0 radical (unpaired) electrons. The van der Waals surface area contributed by atoms with Gasteiger partial charge in [0.1, 0.15) is 0 Å². The van der Waals surface area contributed by atoms with Gasteiger partial charge in [-0.15, -0.1) is 0 Å². The van der Waals surface area contributed by atoms with Crippen molar-refractivity contribution >= 4 is 38.1 Å². The highest BCUT2D eigenvalue weighted by Crippen LogP contribution is 2.40. The van der Waals surface area contributed by atoms with E-state index in [4.69, 9.17) is 0 Å². The van der Waals surface area contributed by atoms with Gasteiger partial charge in [0, 0.05) is 33.3 Å². The van der Waals surface area contributed by atoms with Crippen molar-refractivity contribution < 1.29 is 0 Å². The number of pyridine rings is 1. The van der Waals surface area contributed by atoms with Crippen molar-refractivity contribution in [2.24, 2.45) is 0 Å². The minimum atomic E-state index is 0.998. The molecule has 144 valence electrons. The van der Waals surface area contributed by atoms with Gasteiger partial charge in [0.15, 0.2) is 0 Å². The van der Waals surface area contributed by atoms with E-state index in [0.29, 0.717) is 0 Å². The van der Waals surface area contributed by atoms with Crippen molar-refractivity contribution in [1.82, 2.24) is 9.38 Å². The second-order valence-electron chi connectivity index (χ2n) is 8.08. The largest absolute Gasteiger partial charge is 0.308 e. The van der Waals surface area contributed by atoms with Crippen molar-refractivity contribution in [3.05, 3.63) is 109 Å². The van der Waals surface area contributed by atoms with Crippen LogP contribution >= 0.6 is 0 Å². The smallest absolute Gasteiger partial charge is 0.0708 e. The van der Waals surface area contributed by atoms with Crippen LogP contribution in [0, 0.1) is 0 Å². The van der Waals surface area contributed by atoms with Crippen molar-refractivity contribution in [1.29, 1.82) is 0 Å². The molecule has 4 aromatic carbocycles.